The molecule has 0 aliphatic carbocycles. The van der Waals surface area contributed by atoms with Gasteiger partial charge in [0.2, 0.25) is 0 Å². The number of para-hydroxylation sites is 1. The van der Waals surface area contributed by atoms with E-state index in [0.717, 1.165) is 23.1 Å². The Hall–Kier alpha value is -1.09. The van der Waals surface area contributed by atoms with E-state index in [-0.39, 0.29) is 0 Å². The molecule has 1 N–H and O–H groups in total. The molecule has 1 heterocycles. The molecule has 1 aromatic heterocycles. The van der Waals surface area contributed by atoms with Gasteiger partial charge in [0.15, 0.2) is 5.13 Å². The Morgan fingerprint density at radius 2 is 2.11 bits per heavy atom. The summed E-state index contributed by atoms with van der Waals surface area (Å²) in [7, 11) is 0. The van der Waals surface area contributed by atoms with Crippen molar-refractivity contribution in [2.75, 3.05) is 11.9 Å². The number of unbranched alkanes of at least 4 members (excludes halogenated alkanes) is 1. The molecule has 1 aromatic carbocycles. The molecule has 0 radical (unpaired) electrons. The Bertz CT molecular complexity index is 445. The van der Waals surface area contributed by atoms with E-state index in [2.05, 4.69) is 42.3 Å². The Kier molecular flexibility index (Phi) is 5.00. The number of anilines is 1. The van der Waals surface area contributed by atoms with Crippen molar-refractivity contribution >= 4 is 26.7 Å². The lowest BCUT2D eigenvalue weighted by atomic mass is 10.00. The fourth-order valence-electron chi connectivity index (χ4n) is 2.12. The van der Waals surface area contributed by atoms with Gasteiger partial charge >= 0.3 is 0 Å². The largest absolute Gasteiger partial charge is 0.361 e. The van der Waals surface area contributed by atoms with Gasteiger partial charge in [0.05, 0.1) is 10.2 Å². The van der Waals surface area contributed by atoms with Gasteiger partial charge in [0, 0.05) is 6.54 Å². The van der Waals surface area contributed by atoms with Crippen molar-refractivity contribution in [1.29, 1.82) is 0 Å². The minimum Gasteiger partial charge on any atom is -0.361 e. The van der Waals surface area contributed by atoms with Gasteiger partial charge in [-0.15, -0.1) is 0 Å². The first-order valence-electron chi connectivity index (χ1n) is 6.93. The minimum atomic E-state index is 0.775. The van der Waals surface area contributed by atoms with Crippen LogP contribution in [0.3, 0.4) is 0 Å². The quantitative estimate of drug-likeness (QED) is 0.765. The van der Waals surface area contributed by atoms with Crippen LogP contribution in [0.5, 0.6) is 0 Å². The van der Waals surface area contributed by atoms with Gasteiger partial charge in [-0.25, -0.2) is 4.98 Å². The highest BCUT2D eigenvalue weighted by molar-refractivity contribution is 7.22. The van der Waals surface area contributed by atoms with E-state index in [4.69, 9.17) is 0 Å². The first-order chi connectivity index (χ1) is 8.83. The third-order valence-electron chi connectivity index (χ3n) is 3.38. The molecule has 2 aromatic rings. The number of thiazole rings is 1. The van der Waals surface area contributed by atoms with Crippen molar-refractivity contribution in [2.45, 2.75) is 39.5 Å². The first-order valence-corrected chi connectivity index (χ1v) is 7.74. The number of hydrogen-bond acceptors (Lipinski definition) is 3. The number of nitrogens with one attached hydrogen (secondary N) is 1. The van der Waals surface area contributed by atoms with E-state index < -0.39 is 0 Å². The number of benzene rings is 1. The molecule has 1 atom stereocenters. The smallest absolute Gasteiger partial charge is 0.183 e. The van der Waals surface area contributed by atoms with Gasteiger partial charge in [0.1, 0.15) is 0 Å². The van der Waals surface area contributed by atoms with E-state index in [0.29, 0.717) is 0 Å². The summed E-state index contributed by atoms with van der Waals surface area (Å²) >= 11 is 1.75. The second-order valence-corrected chi connectivity index (χ2v) is 5.81. The van der Waals surface area contributed by atoms with Crippen molar-refractivity contribution in [3.8, 4) is 0 Å². The number of hydrogen-bond donors (Lipinski definition) is 1. The summed E-state index contributed by atoms with van der Waals surface area (Å²) in [5.41, 5.74) is 1.10. The maximum Gasteiger partial charge on any atom is 0.183 e. The summed E-state index contributed by atoms with van der Waals surface area (Å²) in [6.45, 7) is 5.59. The molecule has 0 saturated carbocycles. The Morgan fingerprint density at radius 1 is 1.28 bits per heavy atom. The third-order valence-corrected chi connectivity index (χ3v) is 4.37. The fourth-order valence-corrected chi connectivity index (χ4v) is 3.00. The standard InChI is InChI=1S/C15H22N2S/c1-3-5-8-12(4-2)11-16-15-17-13-9-6-7-10-14(13)18-15/h6-7,9-10,12H,3-5,8,11H2,1-2H3,(H,16,17). The molecule has 2 nitrogen and oxygen atoms in total. The molecular weight excluding hydrogens is 240 g/mol. The number of nitrogens with zero attached hydrogens (tertiary/aromatic N) is 1. The van der Waals surface area contributed by atoms with E-state index in [9.17, 15) is 0 Å². The Labute approximate surface area is 113 Å². The van der Waals surface area contributed by atoms with E-state index in [1.54, 1.807) is 11.3 Å². The predicted octanol–water partition coefficient (Wildman–Crippen LogP) is 4.92. The molecule has 0 aliphatic heterocycles. The lowest BCUT2D eigenvalue weighted by Gasteiger charge is -2.14. The van der Waals surface area contributed by atoms with Crippen LogP contribution in [0.4, 0.5) is 5.13 Å². The van der Waals surface area contributed by atoms with Gasteiger partial charge in [-0.05, 0) is 24.5 Å². The monoisotopic (exact) mass is 262 g/mol. The second-order valence-electron chi connectivity index (χ2n) is 4.78. The molecule has 0 amide bonds. The van der Waals surface area contributed by atoms with Crippen LogP contribution in [0.2, 0.25) is 0 Å². The summed E-state index contributed by atoms with van der Waals surface area (Å²) in [5.74, 6) is 0.775. The lowest BCUT2D eigenvalue weighted by molar-refractivity contribution is 0.473. The van der Waals surface area contributed by atoms with E-state index in [1.807, 2.05) is 6.07 Å². The van der Waals surface area contributed by atoms with Gasteiger partial charge in [-0.2, -0.15) is 0 Å². The van der Waals surface area contributed by atoms with Crippen molar-refractivity contribution < 1.29 is 0 Å². The number of rotatable bonds is 7. The normalized spacial score (nSPS) is 12.8. The molecule has 3 heteroatoms. The average Bonchev–Trinajstić information content (AvgIpc) is 2.81. The van der Waals surface area contributed by atoms with Crippen molar-refractivity contribution in [1.82, 2.24) is 4.98 Å². The third kappa shape index (κ3) is 3.45. The van der Waals surface area contributed by atoms with Crippen LogP contribution in [0.15, 0.2) is 24.3 Å². The molecule has 0 spiro atoms. The summed E-state index contributed by atoms with van der Waals surface area (Å²) < 4.78 is 1.27. The van der Waals surface area contributed by atoms with Gasteiger partial charge in [0.25, 0.3) is 0 Å². The second kappa shape index (κ2) is 6.74. The molecule has 0 bridgehead atoms. The van der Waals surface area contributed by atoms with Crippen molar-refractivity contribution in [2.24, 2.45) is 5.92 Å². The summed E-state index contributed by atoms with van der Waals surface area (Å²) in [4.78, 5) is 4.61. The zero-order valence-corrected chi connectivity index (χ0v) is 12.1. The van der Waals surface area contributed by atoms with Crippen LogP contribution in [-0.2, 0) is 0 Å². The zero-order valence-electron chi connectivity index (χ0n) is 11.3. The molecular formula is C15H22N2S. The molecule has 18 heavy (non-hydrogen) atoms. The number of aromatic nitrogens is 1. The van der Waals surface area contributed by atoms with Gasteiger partial charge < -0.3 is 5.32 Å². The highest BCUT2D eigenvalue weighted by atomic mass is 32.1. The molecule has 1 unspecified atom stereocenters. The van der Waals surface area contributed by atoms with Crippen LogP contribution in [0.1, 0.15) is 39.5 Å². The molecule has 0 fully saturated rings. The average molecular weight is 262 g/mol. The Balaban J connectivity index is 1.92. The van der Waals surface area contributed by atoms with Crippen LogP contribution in [0.25, 0.3) is 10.2 Å². The van der Waals surface area contributed by atoms with Crippen molar-refractivity contribution in [3.05, 3.63) is 24.3 Å². The summed E-state index contributed by atoms with van der Waals surface area (Å²) in [6.07, 6.45) is 5.19. The first kappa shape index (κ1) is 13.3. The van der Waals surface area contributed by atoms with E-state index in [1.165, 1.54) is 30.4 Å². The Morgan fingerprint density at radius 3 is 2.83 bits per heavy atom. The summed E-state index contributed by atoms with van der Waals surface area (Å²) in [5, 5.41) is 4.56. The lowest BCUT2D eigenvalue weighted by Crippen LogP contribution is -2.13. The maximum absolute atomic E-state index is 4.61. The number of fused-ring (bicyclic) bond motifs is 1. The van der Waals surface area contributed by atoms with Crippen molar-refractivity contribution in [3.63, 3.8) is 0 Å². The minimum absolute atomic E-state index is 0.775. The van der Waals surface area contributed by atoms with Crippen LogP contribution in [-0.4, -0.2) is 11.5 Å². The summed E-state index contributed by atoms with van der Waals surface area (Å²) in [6, 6.07) is 8.32. The van der Waals surface area contributed by atoms with E-state index >= 15 is 0 Å². The van der Waals surface area contributed by atoms with Crippen LogP contribution >= 0.6 is 11.3 Å². The van der Waals surface area contributed by atoms with Gasteiger partial charge in [-0.1, -0.05) is 56.6 Å². The van der Waals surface area contributed by atoms with Crippen LogP contribution in [0, 0.1) is 5.92 Å². The zero-order chi connectivity index (χ0) is 12.8. The molecule has 98 valence electrons. The van der Waals surface area contributed by atoms with Crippen LogP contribution < -0.4 is 5.32 Å². The van der Waals surface area contributed by atoms with Gasteiger partial charge in [-0.3, -0.25) is 0 Å². The SMILES string of the molecule is CCCCC(CC)CNc1nc2ccccc2s1. The highest BCUT2D eigenvalue weighted by Crippen LogP contribution is 2.26. The maximum atomic E-state index is 4.61. The molecule has 0 saturated heterocycles. The molecule has 0 aliphatic rings. The predicted molar refractivity (Wildman–Crippen MR) is 81.4 cm³/mol. The fraction of sp³-hybridized carbons (Fsp3) is 0.533. The topological polar surface area (TPSA) is 24.9 Å². The molecule has 2 rings (SSSR count). The highest BCUT2D eigenvalue weighted by Gasteiger charge is 2.07.